The Labute approximate surface area is 192 Å². The van der Waals surface area contributed by atoms with Crippen molar-refractivity contribution in [3.63, 3.8) is 0 Å². The summed E-state index contributed by atoms with van der Waals surface area (Å²) in [5.74, 6) is 2.73. The Bertz CT molecular complexity index is 1060. The van der Waals surface area contributed by atoms with Gasteiger partial charge in [0.05, 0.1) is 17.8 Å². The molecule has 1 saturated carbocycles. The molecular weight excluding hydrogens is 427 g/mol. The smallest absolute Gasteiger partial charge is 0.148 e. The monoisotopic (exact) mass is 452 g/mol. The standard InChI is InChI=1S/C25H26ClFN4O/c1-32-21-5-2-16(3-6-21)13-31-14-17-10-20(11-18(17)15-31)28-25-9-8-24(29-30-25)22-12-19(27)4-7-23(22)26/h2-9,12,17-18,20H,10-11,13-15H2,1H3,(H,28,30)/t17-,18?,20?/m1/s1. The zero-order valence-electron chi connectivity index (χ0n) is 18.0. The summed E-state index contributed by atoms with van der Waals surface area (Å²) in [4.78, 5) is 2.56. The van der Waals surface area contributed by atoms with E-state index in [0.717, 1.165) is 44.0 Å². The van der Waals surface area contributed by atoms with E-state index in [1.807, 2.05) is 24.3 Å². The van der Waals surface area contributed by atoms with Gasteiger partial charge < -0.3 is 10.1 Å². The van der Waals surface area contributed by atoms with Crippen molar-refractivity contribution in [1.82, 2.24) is 15.1 Å². The van der Waals surface area contributed by atoms with E-state index in [0.29, 0.717) is 34.2 Å². The number of anilines is 1. The van der Waals surface area contributed by atoms with Crippen molar-refractivity contribution >= 4 is 17.4 Å². The highest BCUT2D eigenvalue weighted by Gasteiger charge is 2.40. The van der Waals surface area contributed by atoms with Crippen LogP contribution in [0.1, 0.15) is 18.4 Å². The highest BCUT2D eigenvalue weighted by atomic mass is 35.5. The van der Waals surface area contributed by atoms with Crippen molar-refractivity contribution in [3.8, 4) is 17.0 Å². The summed E-state index contributed by atoms with van der Waals surface area (Å²) in [5, 5.41) is 12.6. The van der Waals surface area contributed by atoms with Gasteiger partial charge in [-0.25, -0.2) is 4.39 Å². The van der Waals surface area contributed by atoms with Crippen LogP contribution in [0.25, 0.3) is 11.3 Å². The number of ether oxygens (including phenoxy) is 1. The van der Waals surface area contributed by atoms with Gasteiger partial charge in [-0.3, -0.25) is 4.90 Å². The fourth-order valence-electron chi connectivity index (χ4n) is 5.09. The average Bonchev–Trinajstić information content (AvgIpc) is 3.34. The molecule has 1 N–H and O–H groups in total. The molecule has 0 spiro atoms. The molecule has 2 fully saturated rings. The minimum atomic E-state index is -0.341. The van der Waals surface area contributed by atoms with Crippen molar-refractivity contribution in [1.29, 1.82) is 0 Å². The van der Waals surface area contributed by atoms with Crippen molar-refractivity contribution < 1.29 is 9.13 Å². The lowest BCUT2D eigenvalue weighted by Crippen LogP contribution is -2.25. The SMILES string of the molecule is COc1ccc(CN2CC3CC(Nc4ccc(-c5cc(F)ccc5Cl)nn4)C[C@@H]3C2)cc1. The quantitative estimate of drug-likeness (QED) is 0.552. The van der Waals surface area contributed by atoms with Crippen molar-refractivity contribution in [3.05, 3.63) is 71.0 Å². The topological polar surface area (TPSA) is 50.3 Å². The van der Waals surface area contributed by atoms with Crippen LogP contribution in [0.4, 0.5) is 10.2 Å². The number of fused-ring (bicyclic) bond motifs is 1. The lowest BCUT2D eigenvalue weighted by Gasteiger charge is -2.20. The zero-order chi connectivity index (χ0) is 22.1. The van der Waals surface area contributed by atoms with Crippen LogP contribution < -0.4 is 10.1 Å². The van der Waals surface area contributed by atoms with Gasteiger partial charge in [0.2, 0.25) is 0 Å². The number of aromatic nitrogens is 2. The maximum Gasteiger partial charge on any atom is 0.148 e. The summed E-state index contributed by atoms with van der Waals surface area (Å²) in [6, 6.07) is 16.8. The zero-order valence-corrected chi connectivity index (χ0v) is 18.7. The molecule has 5 nitrogen and oxygen atoms in total. The second kappa shape index (κ2) is 9.04. The minimum absolute atomic E-state index is 0.341. The molecular formula is C25H26ClFN4O. The molecule has 166 valence electrons. The number of hydrogen-bond donors (Lipinski definition) is 1. The summed E-state index contributed by atoms with van der Waals surface area (Å²) in [7, 11) is 1.70. The Morgan fingerprint density at radius 1 is 1.03 bits per heavy atom. The van der Waals surface area contributed by atoms with Crippen LogP contribution >= 0.6 is 11.6 Å². The van der Waals surface area contributed by atoms with E-state index in [2.05, 4.69) is 32.5 Å². The first-order valence-electron chi connectivity index (χ1n) is 11.0. The Morgan fingerprint density at radius 3 is 2.44 bits per heavy atom. The molecule has 2 aliphatic rings. The van der Waals surface area contributed by atoms with Crippen LogP contribution in [0.15, 0.2) is 54.6 Å². The molecule has 5 rings (SSSR count). The number of methoxy groups -OCH3 is 1. The largest absolute Gasteiger partial charge is 0.497 e. The molecule has 32 heavy (non-hydrogen) atoms. The summed E-state index contributed by atoms with van der Waals surface area (Å²) in [5.41, 5.74) is 2.45. The number of hydrogen-bond acceptors (Lipinski definition) is 5. The van der Waals surface area contributed by atoms with Gasteiger partial charge in [-0.1, -0.05) is 23.7 Å². The molecule has 1 aliphatic carbocycles. The number of likely N-dealkylation sites (tertiary alicyclic amines) is 1. The van der Waals surface area contributed by atoms with Crippen molar-refractivity contribution in [2.24, 2.45) is 11.8 Å². The normalized spacial score (nSPS) is 22.7. The van der Waals surface area contributed by atoms with Gasteiger partial charge in [-0.2, -0.15) is 0 Å². The third-order valence-corrected chi connectivity index (χ3v) is 6.94. The summed E-state index contributed by atoms with van der Waals surface area (Å²) in [6.45, 7) is 3.26. The van der Waals surface area contributed by atoms with Gasteiger partial charge in [0, 0.05) is 31.2 Å². The van der Waals surface area contributed by atoms with Gasteiger partial charge in [-0.15, -0.1) is 10.2 Å². The minimum Gasteiger partial charge on any atom is -0.497 e. The second-order valence-corrected chi connectivity index (χ2v) is 9.21. The number of halogens is 2. The molecule has 0 amide bonds. The fourth-order valence-corrected chi connectivity index (χ4v) is 5.30. The molecule has 2 aromatic carbocycles. The van der Waals surface area contributed by atoms with Gasteiger partial charge in [0.15, 0.2) is 0 Å². The van der Waals surface area contributed by atoms with E-state index in [4.69, 9.17) is 16.3 Å². The Morgan fingerprint density at radius 2 is 1.78 bits per heavy atom. The highest BCUT2D eigenvalue weighted by Crippen LogP contribution is 2.39. The molecule has 0 bridgehead atoms. The van der Waals surface area contributed by atoms with Crippen molar-refractivity contribution in [2.75, 3.05) is 25.5 Å². The van der Waals surface area contributed by atoms with Crippen LogP contribution in [0.3, 0.4) is 0 Å². The number of nitrogens with one attached hydrogen (secondary N) is 1. The summed E-state index contributed by atoms with van der Waals surface area (Å²) in [6.07, 6.45) is 2.28. The molecule has 1 aliphatic heterocycles. The lowest BCUT2D eigenvalue weighted by atomic mass is 10.0. The molecule has 2 heterocycles. The summed E-state index contributed by atoms with van der Waals surface area (Å²) < 4.78 is 18.8. The first-order valence-corrected chi connectivity index (χ1v) is 11.4. The van der Waals surface area contributed by atoms with Crippen LogP contribution in [0.5, 0.6) is 5.75 Å². The maximum absolute atomic E-state index is 13.5. The average molecular weight is 453 g/mol. The summed E-state index contributed by atoms with van der Waals surface area (Å²) >= 11 is 6.18. The fraction of sp³-hybridized carbons (Fsp3) is 0.360. The Balaban J connectivity index is 1.15. The molecule has 1 saturated heterocycles. The molecule has 7 heteroatoms. The van der Waals surface area contributed by atoms with Gasteiger partial charge in [0.25, 0.3) is 0 Å². The van der Waals surface area contributed by atoms with E-state index < -0.39 is 0 Å². The van der Waals surface area contributed by atoms with Gasteiger partial charge in [-0.05, 0) is 72.7 Å². The molecule has 0 radical (unpaired) electrons. The van der Waals surface area contributed by atoms with Crippen LogP contribution in [-0.2, 0) is 6.54 Å². The van der Waals surface area contributed by atoms with Gasteiger partial charge in [0.1, 0.15) is 17.4 Å². The molecule has 3 atom stereocenters. The van der Waals surface area contributed by atoms with E-state index in [1.165, 1.54) is 23.8 Å². The highest BCUT2D eigenvalue weighted by molar-refractivity contribution is 6.33. The predicted molar refractivity (Wildman–Crippen MR) is 124 cm³/mol. The van der Waals surface area contributed by atoms with E-state index in [9.17, 15) is 4.39 Å². The number of nitrogens with zero attached hydrogens (tertiary/aromatic N) is 3. The van der Waals surface area contributed by atoms with Crippen LogP contribution in [-0.4, -0.2) is 41.3 Å². The van der Waals surface area contributed by atoms with E-state index >= 15 is 0 Å². The van der Waals surface area contributed by atoms with Crippen molar-refractivity contribution in [2.45, 2.75) is 25.4 Å². The van der Waals surface area contributed by atoms with E-state index in [-0.39, 0.29) is 5.82 Å². The molecule has 2 unspecified atom stereocenters. The van der Waals surface area contributed by atoms with Crippen LogP contribution in [0.2, 0.25) is 5.02 Å². The Kier molecular flexibility index (Phi) is 5.98. The third-order valence-electron chi connectivity index (χ3n) is 6.61. The number of benzene rings is 2. The molecule has 3 aromatic rings. The first-order chi connectivity index (χ1) is 15.6. The second-order valence-electron chi connectivity index (χ2n) is 8.80. The first kappa shape index (κ1) is 21.2. The van der Waals surface area contributed by atoms with Crippen LogP contribution in [0, 0.1) is 17.7 Å². The number of rotatable bonds is 6. The van der Waals surface area contributed by atoms with E-state index in [1.54, 1.807) is 7.11 Å². The predicted octanol–water partition coefficient (Wildman–Crippen LogP) is 5.27. The molecule has 1 aromatic heterocycles. The Hall–Kier alpha value is -2.70. The lowest BCUT2D eigenvalue weighted by molar-refractivity contribution is 0.301. The third kappa shape index (κ3) is 4.57. The maximum atomic E-state index is 13.5. The van der Waals surface area contributed by atoms with Gasteiger partial charge >= 0.3 is 0 Å².